The van der Waals surface area contributed by atoms with Crippen LogP contribution in [0.15, 0.2) is 24.3 Å². The number of benzene rings is 1. The molecule has 3 unspecified atom stereocenters. The molecule has 3 atom stereocenters. The first-order valence-corrected chi connectivity index (χ1v) is 7.57. The Balaban J connectivity index is 0.00000288. The summed E-state index contributed by atoms with van der Waals surface area (Å²) in [5, 5.41) is 0. The summed E-state index contributed by atoms with van der Waals surface area (Å²) in [7, 11) is 0. The molecular formula is C16H22ClF3N2O2. The third-order valence-electron chi connectivity index (χ3n) is 4.12. The number of nitrogens with two attached hydrogens (primary N) is 1. The van der Waals surface area contributed by atoms with Gasteiger partial charge in [-0.15, -0.1) is 12.4 Å². The maximum absolute atomic E-state index is 13.0. The van der Waals surface area contributed by atoms with E-state index in [4.69, 9.17) is 10.5 Å². The number of amides is 1. The fourth-order valence-corrected chi connectivity index (χ4v) is 2.90. The molecule has 1 heterocycles. The highest BCUT2D eigenvalue weighted by Gasteiger charge is 2.37. The van der Waals surface area contributed by atoms with Crippen molar-refractivity contribution < 1.29 is 22.7 Å². The van der Waals surface area contributed by atoms with Gasteiger partial charge in [-0.3, -0.25) is 4.79 Å². The van der Waals surface area contributed by atoms with Crippen molar-refractivity contribution in [1.29, 1.82) is 0 Å². The van der Waals surface area contributed by atoms with Crippen molar-refractivity contribution in [2.24, 2.45) is 11.7 Å². The Morgan fingerprint density at radius 2 is 2.04 bits per heavy atom. The highest BCUT2D eigenvalue weighted by molar-refractivity contribution is 5.85. The van der Waals surface area contributed by atoms with E-state index in [1.54, 1.807) is 4.90 Å². The van der Waals surface area contributed by atoms with E-state index < -0.39 is 17.8 Å². The van der Waals surface area contributed by atoms with Gasteiger partial charge in [0.1, 0.15) is 5.75 Å². The largest absolute Gasteiger partial charge is 0.480 e. The van der Waals surface area contributed by atoms with Crippen molar-refractivity contribution in [3.63, 3.8) is 0 Å². The summed E-state index contributed by atoms with van der Waals surface area (Å²) >= 11 is 0. The fourth-order valence-electron chi connectivity index (χ4n) is 2.90. The van der Waals surface area contributed by atoms with Gasteiger partial charge in [0, 0.05) is 12.6 Å². The van der Waals surface area contributed by atoms with Crippen LogP contribution in [-0.4, -0.2) is 36.0 Å². The van der Waals surface area contributed by atoms with Gasteiger partial charge in [0.15, 0.2) is 6.10 Å². The van der Waals surface area contributed by atoms with Gasteiger partial charge >= 0.3 is 6.18 Å². The van der Waals surface area contributed by atoms with Gasteiger partial charge in [-0.05, 0) is 44.9 Å². The van der Waals surface area contributed by atoms with Crippen molar-refractivity contribution in [3.8, 4) is 5.75 Å². The molecule has 1 saturated heterocycles. The molecule has 0 aromatic heterocycles. The van der Waals surface area contributed by atoms with Gasteiger partial charge in [0.05, 0.1) is 5.56 Å². The van der Waals surface area contributed by atoms with Gasteiger partial charge in [0.25, 0.3) is 5.91 Å². The number of hydrogen-bond donors (Lipinski definition) is 1. The second-order valence-electron chi connectivity index (χ2n) is 5.93. The van der Waals surface area contributed by atoms with E-state index in [-0.39, 0.29) is 36.0 Å². The lowest BCUT2D eigenvalue weighted by atomic mass is 10.1. The average molecular weight is 367 g/mol. The van der Waals surface area contributed by atoms with Crippen LogP contribution in [0.25, 0.3) is 0 Å². The van der Waals surface area contributed by atoms with Crippen molar-refractivity contribution in [2.45, 2.75) is 38.6 Å². The lowest BCUT2D eigenvalue weighted by Crippen LogP contribution is -2.42. The highest BCUT2D eigenvalue weighted by Crippen LogP contribution is 2.36. The highest BCUT2D eigenvalue weighted by atomic mass is 35.5. The minimum absolute atomic E-state index is 0. The molecule has 1 aliphatic rings. The lowest BCUT2D eigenvalue weighted by molar-refractivity contribution is -0.143. The number of rotatable bonds is 4. The van der Waals surface area contributed by atoms with Crippen LogP contribution in [0, 0.1) is 5.92 Å². The van der Waals surface area contributed by atoms with Crippen LogP contribution in [0.1, 0.15) is 25.8 Å². The maximum Gasteiger partial charge on any atom is 0.419 e. The van der Waals surface area contributed by atoms with Gasteiger partial charge in [-0.2, -0.15) is 13.2 Å². The summed E-state index contributed by atoms with van der Waals surface area (Å²) in [6, 6.07) is 4.92. The predicted molar refractivity (Wildman–Crippen MR) is 87.1 cm³/mol. The zero-order valence-electron chi connectivity index (χ0n) is 13.5. The third kappa shape index (κ3) is 4.54. The molecule has 2 rings (SSSR count). The van der Waals surface area contributed by atoms with Crippen LogP contribution in [0.3, 0.4) is 0 Å². The average Bonchev–Trinajstić information content (AvgIpc) is 2.87. The van der Waals surface area contributed by atoms with E-state index in [9.17, 15) is 18.0 Å². The number of carbonyl (C=O) groups is 1. The Labute approximate surface area is 145 Å². The standard InChI is InChI=1S/C16H21F3N2O2.ClH/c1-10-7-12(8-20)9-21(10)15(22)11(2)23-14-6-4-3-5-13(14)16(17,18)19;/h3-6,10-12H,7-9,20H2,1-2H3;1H. The minimum Gasteiger partial charge on any atom is -0.480 e. The molecule has 1 aromatic carbocycles. The van der Waals surface area contributed by atoms with Gasteiger partial charge in [0.2, 0.25) is 0 Å². The van der Waals surface area contributed by atoms with Crippen molar-refractivity contribution in [3.05, 3.63) is 29.8 Å². The summed E-state index contributed by atoms with van der Waals surface area (Å²) in [6.45, 7) is 4.38. The van der Waals surface area contributed by atoms with E-state index in [2.05, 4.69) is 0 Å². The molecule has 0 spiro atoms. The van der Waals surface area contributed by atoms with Crippen LogP contribution in [-0.2, 0) is 11.0 Å². The number of halogens is 4. The third-order valence-corrected chi connectivity index (χ3v) is 4.12. The second-order valence-corrected chi connectivity index (χ2v) is 5.93. The van der Waals surface area contributed by atoms with Crippen LogP contribution < -0.4 is 10.5 Å². The Morgan fingerprint density at radius 3 is 2.58 bits per heavy atom. The van der Waals surface area contributed by atoms with Crippen LogP contribution in [0.5, 0.6) is 5.75 Å². The summed E-state index contributed by atoms with van der Waals surface area (Å²) in [6.07, 6.45) is -4.71. The van der Waals surface area contributed by atoms with E-state index in [0.29, 0.717) is 13.1 Å². The molecule has 1 fully saturated rings. The SMILES string of the molecule is CC(Oc1ccccc1C(F)(F)F)C(=O)N1CC(CN)CC1C.Cl. The molecule has 1 aromatic rings. The summed E-state index contributed by atoms with van der Waals surface area (Å²) < 4.78 is 44.2. The Hall–Kier alpha value is -1.47. The van der Waals surface area contributed by atoms with Gasteiger partial charge in [-0.25, -0.2) is 0 Å². The Morgan fingerprint density at radius 1 is 1.42 bits per heavy atom. The quantitative estimate of drug-likeness (QED) is 0.890. The molecule has 4 nitrogen and oxygen atoms in total. The Kier molecular flexibility index (Phi) is 6.92. The molecule has 0 aliphatic carbocycles. The first-order chi connectivity index (χ1) is 10.7. The van der Waals surface area contributed by atoms with Crippen LogP contribution >= 0.6 is 12.4 Å². The van der Waals surface area contributed by atoms with Gasteiger partial charge < -0.3 is 15.4 Å². The second kappa shape index (κ2) is 8.07. The number of nitrogens with zero attached hydrogens (tertiary/aromatic N) is 1. The normalized spacial score (nSPS) is 22.0. The Bertz CT molecular complexity index is 568. The van der Waals surface area contributed by atoms with Gasteiger partial charge in [-0.1, -0.05) is 12.1 Å². The first-order valence-electron chi connectivity index (χ1n) is 7.57. The van der Waals surface area contributed by atoms with Crippen LogP contribution in [0.2, 0.25) is 0 Å². The van der Waals surface area contributed by atoms with E-state index in [1.165, 1.54) is 25.1 Å². The molecule has 24 heavy (non-hydrogen) atoms. The van der Waals surface area contributed by atoms with E-state index in [0.717, 1.165) is 12.5 Å². The number of likely N-dealkylation sites (tertiary alicyclic amines) is 1. The number of hydrogen-bond acceptors (Lipinski definition) is 3. The zero-order chi connectivity index (χ0) is 17.2. The summed E-state index contributed by atoms with van der Waals surface area (Å²) in [5.74, 6) is -0.419. The fraction of sp³-hybridized carbons (Fsp3) is 0.562. The van der Waals surface area contributed by atoms with E-state index >= 15 is 0 Å². The van der Waals surface area contributed by atoms with Crippen molar-refractivity contribution in [1.82, 2.24) is 4.90 Å². The number of ether oxygens (including phenoxy) is 1. The number of carbonyl (C=O) groups excluding carboxylic acids is 1. The number of para-hydroxylation sites is 1. The molecule has 1 amide bonds. The molecule has 0 radical (unpaired) electrons. The predicted octanol–water partition coefficient (Wildman–Crippen LogP) is 3.09. The van der Waals surface area contributed by atoms with Crippen LogP contribution in [0.4, 0.5) is 13.2 Å². The monoisotopic (exact) mass is 366 g/mol. The zero-order valence-corrected chi connectivity index (χ0v) is 14.4. The summed E-state index contributed by atoms with van der Waals surface area (Å²) in [5.41, 5.74) is 4.75. The smallest absolute Gasteiger partial charge is 0.419 e. The molecular weight excluding hydrogens is 345 g/mol. The molecule has 8 heteroatoms. The van der Waals surface area contributed by atoms with E-state index in [1.807, 2.05) is 6.92 Å². The maximum atomic E-state index is 13.0. The minimum atomic E-state index is -4.52. The number of alkyl halides is 3. The van der Waals surface area contributed by atoms with Crippen molar-refractivity contribution in [2.75, 3.05) is 13.1 Å². The molecule has 136 valence electrons. The molecule has 0 bridgehead atoms. The molecule has 2 N–H and O–H groups in total. The first kappa shape index (κ1) is 20.6. The summed E-state index contributed by atoms with van der Waals surface area (Å²) in [4.78, 5) is 14.1. The molecule has 1 aliphatic heterocycles. The van der Waals surface area contributed by atoms with Crippen molar-refractivity contribution >= 4 is 18.3 Å². The topological polar surface area (TPSA) is 55.6 Å². The molecule has 0 saturated carbocycles. The lowest BCUT2D eigenvalue weighted by Gasteiger charge is -2.26.